The zero-order valence-electron chi connectivity index (χ0n) is 8.74. The molecule has 0 spiro atoms. The fourth-order valence-electron chi connectivity index (χ4n) is 1.87. The molecule has 2 heterocycles. The smallest absolute Gasteiger partial charge is 0.264 e. The number of sulfonamides is 1. The molecule has 5 heteroatoms. The van der Waals surface area contributed by atoms with Gasteiger partial charge in [0.05, 0.1) is 0 Å². The first-order chi connectivity index (χ1) is 8.18. The van der Waals surface area contributed by atoms with Crippen molar-refractivity contribution in [2.24, 2.45) is 4.40 Å². The Hall–Kier alpha value is -2.01. The molecule has 1 aromatic heterocycles. The van der Waals surface area contributed by atoms with Crippen LogP contribution in [0.15, 0.2) is 52.0 Å². The van der Waals surface area contributed by atoms with Gasteiger partial charge in [0.15, 0.2) is 0 Å². The van der Waals surface area contributed by atoms with Gasteiger partial charge in [0.1, 0.15) is 4.90 Å². The Morgan fingerprint density at radius 1 is 1.06 bits per heavy atom. The summed E-state index contributed by atoms with van der Waals surface area (Å²) in [4.78, 5) is 4.27. The van der Waals surface area contributed by atoms with Crippen molar-refractivity contribution in [2.75, 3.05) is 0 Å². The van der Waals surface area contributed by atoms with E-state index in [1.165, 1.54) is 6.21 Å². The van der Waals surface area contributed by atoms with Crippen molar-refractivity contribution in [2.45, 2.75) is 4.90 Å². The van der Waals surface area contributed by atoms with Crippen LogP contribution in [-0.2, 0) is 10.0 Å². The van der Waals surface area contributed by atoms with E-state index in [2.05, 4.69) is 9.38 Å². The number of hydrogen-bond acceptors (Lipinski definition) is 3. The molecule has 0 amide bonds. The number of hydrogen-bond donors (Lipinski definition) is 0. The summed E-state index contributed by atoms with van der Waals surface area (Å²) in [6, 6.07) is 8.92. The van der Waals surface area contributed by atoms with Crippen LogP contribution in [0.4, 0.5) is 0 Å². The first kappa shape index (κ1) is 10.2. The van der Waals surface area contributed by atoms with E-state index in [0.29, 0.717) is 11.1 Å². The lowest BCUT2D eigenvalue weighted by Crippen LogP contribution is -1.97. The van der Waals surface area contributed by atoms with E-state index in [1.54, 1.807) is 30.6 Å². The molecule has 0 fully saturated rings. The van der Waals surface area contributed by atoms with Gasteiger partial charge >= 0.3 is 0 Å². The van der Waals surface area contributed by atoms with Gasteiger partial charge in [-0.05, 0) is 6.07 Å². The Balaban J connectivity index is 2.33. The molecule has 0 N–H and O–H groups in total. The number of fused-ring (bicyclic) bond motifs is 1. The third-order valence-electron chi connectivity index (χ3n) is 2.61. The Kier molecular flexibility index (Phi) is 2.09. The van der Waals surface area contributed by atoms with Crippen LogP contribution >= 0.6 is 0 Å². The maximum absolute atomic E-state index is 11.8. The Labute approximate surface area is 98.7 Å². The van der Waals surface area contributed by atoms with Crippen LogP contribution in [0.2, 0.25) is 0 Å². The molecule has 0 bridgehead atoms. The summed E-state index contributed by atoms with van der Waals surface area (Å²) < 4.78 is 27.2. The standard InChI is InChI=1S/C12H8N2O2S/c15-17(16)12-10(8-14-17)3-1-5-11(12)9-4-2-6-13-7-9/h1-8H. The lowest BCUT2D eigenvalue weighted by Gasteiger charge is -2.06. The maximum Gasteiger partial charge on any atom is 0.283 e. The minimum atomic E-state index is -3.54. The molecule has 17 heavy (non-hydrogen) atoms. The molecule has 1 aromatic carbocycles. The molecule has 2 aromatic rings. The monoisotopic (exact) mass is 244 g/mol. The highest BCUT2D eigenvalue weighted by molar-refractivity contribution is 7.90. The van der Waals surface area contributed by atoms with Gasteiger partial charge in [-0.15, -0.1) is 0 Å². The van der Waals surface area contributed by atoms with Crippen molar-refractivity contribution in [1.82, 2.24) is 4.98 Å². The largest absolute Gasteiger partial charge is 0.283 e. The van der Waals surface area contributed by atoms with E-state index in [1.807, 2.05) is 12.1 Å². The van der Waals surface area contributed by atoms with Gasteiger partial charge in [-0.1, -0.05) is 24.3 Å². The third-order valence-corrected chi connectivity index (χ3v) is 3.96. The minimum Gasteiger partial charge on any atom is -0.264 e. The van der Waals surface area contributed by atoms with Gasteiger partial charge in [-0.3, -0.25) is 4.98 Å². The summed E-state index contributed by atoms with van der Waals surface area (Å²) in [6.45, 7) is 0. The van der Waals surface area contributed by atoms with E-state index in [-0.39, 0.29) is 4.90 Å². The van der Waals surface area contributed by atoms with Gasteiger partial charge in [0.2, 0.25) is 0 Å². The van der Waals surface area contributed by atoms with E-state index in [4.69, 9.17) is 0 Å². The van der Waals surface area contributed by atoms with E-state index >= 15 is 0 Å². The van der Waals surface area contributed by atoms with Gasteiger partial charge in [-0.2, -0.15) is 12.8 Å². The number of nitrogens with zero attached hydrogens (tertiary/aromatic N) is 2. The summed E-state index contributed by atoms with van der Waals surface area (Å²) in [5.41, 5.74) is 2.05. The maximum atomic E-state index is 11.8. The van der Waals surface area contributed by atoms with Gasteiger partial charge in [0, 0.05) is 35.3 Å². The molecule has 0 aliphatic carbocycles. The van der Waals surface area contributed by atoms with Gasteiger partial charge in [-0.25, -0.2) is 0 Å². The molecule has 4 nitrogen and oxygen atoms in total. The van der Waals surface area contributed by atoms with Crippen molar-refractivity contribution in [3.05, 3.63) is 48.3 Å². The lowest BCUT2D eigenvalue weighted by molar-refractivity contribution is 0.599. The van der Waals surface area contributed by atoms with Gasteiger partial charge in [0.25, 0.3) is 10.0 Å². The Morgan fingerprint density at radius 2 is 1.94 bits per heavy atom. The third kappa shape index (κ3) is 1.55. The number of benzene rings is 1. The molecule has 3 rings (SSSR count). The zero-order valence-corrected chi connectivity index (χ0v) is 9.55. The van der Waals surface area contributed by atoms with E-state index in [9.17, 15) is 8.42 Å². The SMILES string of the molecule is O=S1(=O)N=Cc2cccc(-c3cccnc3)c21. The molecule has 84 valence electrons. The van der Waals surface area contributed by atoms with Crippen LogP contribution in [0.25, 0.3) is 11.1 Å². The van der Waals surface area contributed by atoms with Crippen LogP contribution in [-0.4, -0.2) is 19.6 Å². The quantitative estimate of drug-likeness (QED) is 0.769. The average Bonchev–Trinajstić information content (AvgIpc) is 2.67. The molecule has 0 saturated carbocycles. The molecular weight excluding hydrogens is 236 g/mol. The highest BCUT2D eigenvalue weighted by Crippen LogP contribution is 2.33. The fourth-order valence-corrected chi connectivity index (χ4v) is 3.11. The van der Waals surface area contributed by atoms with Crippen molar-refractivity contribution < 1.29 is 8.42 Å². The summed E-state index contributed by atoms with van der Waals surface area (Å²) in [6.07, 6.45) is 4.67. The van der Waals surface area contributed by atoms with Crippen molar-refractivity contribution >= 4 is 16.2 Å². The zero-order chi connectivity index (χ0) is 11.9. The minimum absolute atomic E-state index is 0.271. The fraction of sp³-hybridized carbons (Fsp3) is 0. The second-order valence-electron chi connectivity index (χ2n) is 3.68. The average molecular weight is 244 g/mol. The molecule has 1 aliphatic rings. The molecule has 0 unspecified atom stereocenters. The van der Waals surface area contributed by atoms with E-state index in [0.717, 1.165) is 5.56 Å². The topological polar surface area (TPSA) is 59.4 Å². The predicted molar refractivity (Wildman–Crippen MR) is 64.5 cm³/mol. The summed E-state index contributed by atoms with van der Waals surface area (Å²) >= 11 is 0. The van der Waals surface area contributed by atoms with Crippen molar-refractivity contribution in [3.63, 3.8) is 0 Å². The van der Waals surface area contributed by atoms with Gasteiger partial charge < -0.3 is 0 Å². The predicted octanol–water partition coefficient (Wildman–Crippen LogP) is 1.87. The number of rotatable bonds is 1. The highest BCUT2D eigenvalue weighted by atomic mass is 32.2. The van der Waals surface area contributed by atoms with Crippen molar-refractivity contribution in [3.8, 4) is 11.1 Å². The summed E-state index contributed by atoms with van der Waals surface area (Å²) in [7, 11) is -3.54. The normalized spacial score (nSPS) is 15.8. The van der Waals surface area contributed by atoms with Crippen LogP contribution < -0.4 is 0 Å². The molecule has 1 aliphatic heterocycles. The van der Waals surface area contributed by atoms with Crippen LogP contribution in [0.5, 0.6) is 0 Å². The molecule has 0 saturated heterocycles. The van der Waals surface area contributed by atoms with Crippen LogP contribution in [0.3, 0.4) is 0 Å². The van der Waals surface area contributed by atoms with E-state index < -0.39 is 10.0 Å². The summed E-state index contributed by atoms with van der Waals surface area (Å²) in [5.74, 6) is 0. The molecular formula is C12H8N2O2S. The second kappa shape index (κ2) is 3.49. The van der Waals surface area contributed by atoms with Crippen LogP contribution in [0, 0.1) is 0 Å². The second-order valence-corrected chi connectivity index (χ2v) is 5.24. The molecule has 0 radical (unpaired) electrons. The Bertz CT molecular complexity index is 707. The summed E-state index contributed by atoms with van der Waals surface area (Å²) in [5, 5.41) is 0. The first-order valence-corrected chi connectivity index (χ1v) is 6.46. The lowest BCUT2D eigenvalue weighted by atomic mass is 10.1. The molecule has 0 atom stereocenters. The first-order valence-electron chi connectivity index (χ1n) is 5.02. The number of pyridine rings is 1. The highest BCUT2D eigenvalue weighted by Gasteiger charge is 2.26. The Morgan fingerprint density at radius 3 is 2.71 bits per heavy atom. The van der Waals surface area contributed by atoms with Crippen molar-refractivity contribution in [1.29, 1.82) is 0 Å². The van der Waals surface area contributed by atoms with Crippen LogP contribution in [0.1, 0.15) is 5.56 Å². The number of aromatic nitrogens is 1.